The Kier molecular flexibility index (Phi) is 3.18. The lowest BCUT2D eigenvalue weighted by Gasteiger charge is -2.33. The second-order valence-corrected chi connectivity index (χ2v) is 6.27. The highest BCUT2D eigenvalue weighted by atomic mass is 16.2. The van der Waals surface area contributed by atoms with E-state index >= 15 is 0 Å². The number of benzene rings is 2. The van der Waals surface area contributed by atoms with E-state index in [4.69, 9.17) is 0 Å². The Morgan fingerprint density at radius 1 is 0.957 bits per heavy atom. The molecule has 4 rings (SSSR count). The smallest absolute Gasteiger partial charge is 0.237 e. The van der Waals surface area contributed by atoms with Gasteiger partial charge in [-0.25, -0.2) is 0 Å². The zero-order chi connectivity index (χ0) is 16.0. The van der Waals surface area contributed by atoms with Crippen molar-refractivity contribution < 1.29 is 9.59 Å². The summed E-state index contributed by atoms with van der Waals surface area (Å²) in [5.74, 6) is -0.723. The summed E-state index contributed by atoms with van der Waals surface area (Å²) in [5.41, 5.74) is 3.01. The van der Waals surface area contributed by atoms with Crippen LogP contribution >= 0.6 is 0 Å². The van der Waals surface area contributed by atoms with Crippen molar-refractivity contribution in [1.29, 1.82) is 0 Å². The molecule has 4 nitrogen and oxygen atoms in total. The summed E-state index contributed by atoms with van der Waals surface area (Å²) < 4.78 is 0. The van der Waals surface area contributed by atoms with Crippen molar-refractivity contribution in [3.8, 4) is 0 Å². The Labute approximate surface area is 135 Å². The number of carbonyl (C=O) groups excluding carboxylic acids is 2. The molecule has 0 spiro atoms. The number of imide groups is 1. The third-order valence-corrected chi connectivity index (χ3v) is 4.85. The third-order valence-electron chi connectivity index (χ3n) is 4.85. The van der Waals surface area contributed by atoms with Crippen LogP contribution in [0.3, 0.4) is 0 Å². The van der Waals surface area contributed by atoms with Crippen LogP contribution in [0.1, 0.15) is 17.0 Å². The van der Waals surface area contributed by atoms with Gasteiger partial charge in [-0.3, -0.25) is 14.5 Å². The van der Waals surface area contributed by atoms with Gasteiger partial charge in [-0.2, -0.15) is 0 Å². The van der Waals surface area contributed by atoms with E-state index in [1.807, 2.05) is 61.6 Å². The van der Waals surface area contributed by atoms with E-state index in [1.54, 1.807) is 0 Å². The number of nitrogens with zero attached hydrogens (tertiary/aromatic N) is 2. The second-order valence-electron chi connectivity index (χ2n) is 6.27. The van der Waals surface area contributed by atoms with Gasteiger partial charge in [0.25, 0.3) is 0 Å². The number of hydrogen-bond donors (Lipinski definition) is 0. The average molecular weight is 306 g/mol. The molecule has 2 aromatic rings. The van der Waals surface area contributed by atoms with Crippen molar-refractivity contribution in [2.75, 3.05) is 18.5 Å². The van der Waals surface area contributed by atoms with Gasteiger partial charge in [0.05, 0.1) is 18.4 Å². The summed E-state index contributed by atoms with van der Waals surface area (Å²) in [7, 11) is 1.98. The molecule has 2 heterocycles. The number of anilines is 1. The Hall–Kier alpha value is -2.62. The predicted octanol–water partition coefficient (Wildman–Crippen LogP) is 2.41. The van der Waals surface area contributed by atoms with Crippen molar-refractivity contribution in [2.24, 2.45) is 5.92 Å². The van der Waals surface area contributed by atoms with Crippen molar-refractivity contribution in [1.82, 2.24) is 4.90 Å². The molecule has 2 aromatic carbocycles. The number of likely N-dealkylation sites (tertiary alicyclic amines) is 1. The molecule has 116 valence electrons. The number of para-hydroxylation sites is 1. The van der Waals surface area contributed by atoms with Crippen LogP contribution in [0.15, 0.2) is 54.6 Å². The van der Waals surface area contributed by atoms with E-state index in [0.29, 0.717) is 13.1 Å². The molecule has 23 heavy (non-hydrogen) atoms. The van der Waals surface area contributed by atoms with Gasteiger partial charge in [-0.05, 0) is 17.2 Å². The molecule has 0 aliphatic carbocycles. The fraction of sp³-hybridized carbons (Fsp3) is 0.263. The molecule has 0 bridgehead atoms. The van der Waals surface area contributed by atoms with E-state index in [0.717, 1.165) is 16.8 Å². The molecule has 1 fully saturated rings. The van der Waals surface area contributed by atoms with Crippen molar-refractivity contribution in [3.05, 3.63) is 65.7 Å². The quantitative estimate of drug-likeness (QED) is 0.800. The minimum absolute atomic E-state index is 0.0507. The Balaban J connectivity index is 1.70. The maximum Gasteiger partial charge on any atom is 0.237 e. The monoisotopic (exact) mass is 306 g/mol. The molecule has 1 saturated heterocycles. The van der Waals surface area contributed by atoms with Crippen molar-refractivity contribution in [2.45, 2.75) is 12.5 Å². The van der Waals surface area contributed by atoms with Gasteiger partial charge in [-0.15, -0.1) is 0 Å². The molecule has 2 atom stereocenters. The summed E-state index contributed by atoms with van der Waals surface area (Å²) >= 11 is 0. The Bertz CT molecular complexity index is 772. The van der Waals surface area contributed by atoms with Crippen molar-refractivity contribution >= 4 is 17.5 Å². The molecule has 2 aliphatic heterocycles. The summed E-state index contributed by atoms with van der Waals surface area (Å²) in [6, 6.07) is 17.6. The lowest BCUT2D eigenvalue weighted by molar-refractivity contribution is -0.140. The zero-order valence-electron chi connectivity index (χ0n) is 13.0. The Morgan fingerprint density at radius 3 is 2.43 bits per heavy atom. The van der Waals surface area contributed by atoms with Crippen LogP contribution in [0, 0.1) is 5.92 Å². The largest absolute Gasteiger partial charge is 0.374 e. The van der Waals surface area contributed by atoms with E-state index < -0.39 is 0 Å². The van der Waals surface area contributed by atoms with Crippen LogP contribution in [0.2, 0.25) is 0 Å². The first-order valence-electron chi connectivity index (χ1n) is 7.86. The van der Waals surface area contributed by atoms with Gasteiger partial charge in [0.2, 0.25) is 11.8 Å². The normalized spacial score (nSPS) is 23.0. The highest BCUT2D eigenvalue weighted by Gasteiger charge is 2.51. The fourth-order valence-electron chi connectivity index (χ4n) is 3.74. The lowest BCUT2D eigenvalue weighted by Crippen LogP contribution is -2.37. The van der Waals surface area contributed by atoms with Gasteiger partial charge < -0.3 is 4.90 Å². The van der Waals surface area contributed by atoms with Crippen molar-refractivity contribution in [3.63, 3.8) is 0 Å². The fourth-order valence-corrected chi connectivity index (χ4v) is 3.74. The minimum atomic E-state index is -0.335. The molecule has 4 heteroatoms. The molecule has 0 radical (unpaired) electrons. The first-order chi connectivity index (χ1) is 11.2. The van der Waals surface area contributed by atoms with E-state index in [-0.39, 0.29) is 23.7 Å². The SMILES string of the molecule is CN1C[C@@H]2C(=O)N(Cc3ccccc3)C(=O)[C@@H]2c2ccccc21. The summed E-state index contributed by atoms with van der Waals surface area (Å²) in [6.07, 6.45) is 0. The molecular formula is C19H18N2O2. The molecule has 2 amide bonds. The molecular weight excluding hydrogens is 288 g/mol. The molecule has 0 saturated carbocycles. The lowest BCUT2D eigenvalue weighted by atomic mass is 9.83. The van der Waals surface area contributed by atoms with Gasteiger partial charge in [0.1, 0.15) is 0 Å². The van der Waals surface area contributed by atoms with Crippen LogP contribution in [-0.4, -0.2) is 30.3 Å². The molecule has 0 N–H and O–H groups in total. The predicted molar refractivity (Wildman–Crippen MR) is 87.9 cm³/mol. The highest BCUT2D eigenvalue weighted by molar-refractivity contribution is 6.09. The van der Waals surface area contributed by atoms with E-state index in [2.05, 4.69) is 4.90 Å². The average Bonchev–Trinajstić information content (AvgIpc) is 2.81. The number of amides is 2. The Morgan fingerprint density at radius 2 is 1.65 bits per heavy atom. The molecule has 0 unspecified atom stereocenters. The van der Waals surface area contributed by atoms with Gasteiger partial charge in [0.15, 0.2) is 0 Å². The van der Waals surface area contributed by atoms with Gasteiger partial charge in [0, 0.05) is 19.3 Å². The van der Waals surface area contributed by atoms with Crippen LogP contribution in [0.25, 0.3) is 0 Å². The topological polar surface area (TPSA) is 40.6 Å². The number of hydrogen-bond acceptors (Lipinski definition) is 3. The second kappa shape index (κ2) is 5.23. The summed E-state index contributed by atoms with van der Waals surface area (Å²) in [6.45, 7) is 0.953. The molecule has 2 aliphatic rings. The number of rotatable bonds is 2. The van der Waals surface area contributed by atoms with E-state index in [1.165, 1.54) is 4.90 Å². The third kappa shape index (κ3) is 2.13. The van der Waals surface area contributed by atoms with E-state index in [9.17, 15) is 9.59 Å². The maximum absolute atomic E-state index is 12.9. The summed E-state index contributed by atoms with van der Waals surface area (Å²) in [5, 5.41) is 0. The summed E-state index contributed by atoms with van der Waals surface area (Å²) in [4.78, 5) is 29.2. The van der Waals surface area contributed by atoms with Crippen LogP contribution < -0.4 is 4.90 Å². The number of carbonyl (C=O) groups is 2. The van der Waals surface area contributed by atoms with Gasteiger partial charge in [-0.1, -0.05) is 48.5 Å². The molecule has 0 aromatic heterocycles. The first-order valence-corrected chi connectivity index (χ1v) is 7.86. The minimum Gasteiger partial charge on any atom is -0.374 e. The van der Waals surface area contributed by atoms with Crippen LogP contribution in [-0.2, 0) is 16.1 Å². The van der Waals surface area contributed by atoms with Crippen LogP contribution in [0.5, 0.6) is 0 Å². The highest BCUT2D eigenvalue weighted by Crippen LogP contribution is 2.43. The maximum atomic E-state index is 12.9. The number of fused-ring (bicyclic) bond motifs is 3. The van der Waals surface area contributed by atoms with Crippen LogP contribution in [0.4, 0.5) is 5.69 Å². The zero-order valence-corrected chi connectivity index (χ0v) is 13.0. The van der Waals surface area contributed by atoms with Gasteiger partial charge >= 0.3 is 0 Å². The first kappa shape index (κ1) is 14.0. The standard InChI is InChI=1S/C19H18N2O2/c1-20-12-15-17(14-9-5-6-10-16(14)20)19(23)21(18(15)22)11-13-7-3-2-4-8-13/h2-10,15,17H,11-12H2,1H3/t15-,17+/m0/s1.